The van der Waals surface area contributed by atoms with Gasteiger partial charge in [0.05, 0.1) is 11.1 Å². The number of para-hydroxylation sites is 2. The van der Waals surface area contributed by atoms with E-state index in [4.69, 9.17) is 0 Å². The first-order chi connectivity index (χ1) is 30.4. The van der Waals surface area contributed by atoms with E-state index in [1.165, 1.54) is 100 Å². The number of nitrogens with one attached hydrogen (secondary N) is 1. The first-order valence-electron chi connectivity index (χ1n) is 21.8. The second-order valence-corrected chi connectivity index (χ2v) is 17.6. The maximum atomic E-state index is 4.10. The fourth-order valence-corrected chi connectivity index (χ4v) is 11.2. The summed E-state index contributed by atoms with van der Waals surface area (Å²) in [6, 6.07) is 76.3. The van der Waals surface area contributed by atoms with Gasteiger partial charge in [-0.3, -0.25) is 0 Å². The molecule has 0 fully saturated rings. The second kappa shape index (κ2) is 13.8. The smallest absolute Gasteiger partial charge is 0.197 e. The Kier molecular flexibility index (Phi) is 8.15. The number of rotatable bonds is 6. The highest BCUT2D eigenvalue weighted by Gasteiger charge is 2.48. The lowest BCUT2D eigenvalue weighted by Gasteiger charge is -2.49. The third-order valence-electron chi connectivity index (χ3n) is 13.8. The van der Waals surface area contributed by atoms with Gasteiger partial charge in [0.25, 0.3) is 0 Å². The van der Waals surface area contributed by atoms with Gasteiger partial charge in [-0.25, -0.2) is 0 Å². The Hall–Kier alpha value is -7.36. The molecule has 293 valence electrons. The van der Waals surface area contributed by atoms with E-state index in [0.717, 1.165) is 11.4 Å². The highest BCUT2D eigenvalue weighted by atomic mass is 15.2. The molecule has 0 spiro atoms. The SMILES string of the molecule is Cc1cc(-c2ccc(-c3ccccc3)cc2Nc2cccc3c2C(C)(C)c2ccccc2-3)c2c(c1)N1c3ccccc3C(c3ccccc3)(c3ccccc3)c3cccc(c31)[B]2. The monoisotopic (exact) mass is 791 g/mol. The lowest BCUT2D eigenvalue weighted by atomic mass is 9.54. The maximum Gasteiger partial charge on any atom is 0.197 e. The Morgan fingerprint density at radius 2 is 1.08 bits per heavy atom. The van der Waals surface area contributed by atoms with Gasteiger partial charge in [0, 0.05) is 33.7 Å². The van der Waals surface area contributed by atoms with Crippen LogP contribution in [0.1, 0.15) is 52.8 Å². The minimum Gasteiger partial charge on any atom is -0.355 e. The van der Waals surface area contributed by atoms with Crippen LogP contribution in [0.4, 0.5) is 28.4 Å². The number of anilines is 5. The molecular formula is C59H44BN2. The summed E-state index contributed by atoms with van der Waals surface area (Å²) in [6.07, 6.45) is 0. The van der Waals surface area contributed by atoms with Crippen LogP contribution in [0.15, 0.2) is 206 Å². The standard InChI is InChI=1S/C59H44BN2/c1-38-35-46(44-34-33-40(39-19-7-4-8-20-39)37-52(44)61-51-31-17-26-45-43-25-13-14-27-47(43)58(2,3)55(45)51)56-54(36-38)62-53-32-16-15-28-48(53)59(41-21-9-5-10-22-41,42-23-11-6-12-24-42)49-29-18-30-50(60-56)57(49)62/h4-37,61H,1-3H3. The van der Waals surface area contributed by atoms with Crippen molar-refractivity contribution < 1.29 is 0 Å². The molecule has 0 saturated carbocycles. The van der Waals surface area contributed by atoms with Crippen molar-refractivity contribution in [3.8, 4) is 33.4 Å². The maximum absolute atomic E-state index is 4.10. The van der Waals surface area contributed by atoms with Crippen molar-refractivity contribution in [3.05, 3.63) is 245 Å². The first-order valence-corrected chi connectivity index (χ1v) is 21.8. The summed E-state index contributed by atoms with van der Waals surface area (Å²) in [6.45, 7) is 6.97. The molecule has 2 heterocycles. The molecule has 2 aliphatic heterocycles. The molecule has 0 atom stereocenters. The molecule has 0 unspecified atom stereocenters. The molecule has 0 aromatic heterocycles. The van der Waals surface area contributed by atoms with E-state index in [1.807, 2.05) is 0 Å². The van der Waals surface area contributed by atoms with E-state index in [0.29, 0.717) is 0 Å². The zero-order chi connectivity index (χ0) is 41.6. The van der Waals surface area contributed by atoms with Crippen LogP contribution >= 0.6 is 0 Å². The van der Waals surface area contributed by atoms with Gasteiger partial charge in [-0.15, -0.1) is 0 Å². The average Bonchev–Trinajstić information content (AvgIpc) is 3.56. The van der Waals surface area contributed by atoms with Crippen molar-refractivity contribution in [2.45, 2.75) is 31.6 Å². The average molecular weight is 792 g/mol. The molecule has 2 nitrogen and oxygen atoms in total. The van der Waals surface area contributed by atoms with Gasteiger partial charge in [0.1, 0.15) is 0 Å². The Morgan fingerprint density at radius 1 is 0.452 bits per heavy atom. The Labute approximate surface area is 365 Å². The molecule has 0 saturated heterocycles. The summed E-state index contributed by atoms with van der Waals surface area (Å²) in [7, 11) is 2.45. The van der Waals surface area contributed by atoms with Crippen molar-refractivity contribution in [1.29, 1.82) is 0 Å². The van der Waals surface area contributed by atoms with Gasteiger partial charge in [-0.2, -0.15) is 0 Å². The molecule has 1 radical (unpaired) electrons. The number of aryl methyl sites for hydroxylation is 1. The number of hydrogen-bond acceptors (Lipinski definition) is 2. The lowest BCUT2D eigenvalue weighted by Crippen LogP contribution is -2.47. The van der Waals surface area contributed by atoms with Crippen molar-refractivity contribution in [1.82, 2.24) is 0 Å². The summed E-state index contributed by atoms with van der Waals surface area (Å²) in [5.41, 5.74) is 23.9. The molecule has 12 rings (SSSR count). The van der Waals surface area contributed by atoms with E-state index < -0.39 is 5.41 Å². The van der Waals surface area contributed by atoms with Crippen LogP contribution in [0, 0.1) is 6.92 Å². The minimum absolute atomic E-state index is 0.166. The van der Waals surface area contributed by atoms with E-state index >= 15 is 0 Å². The molecule has 1 aliphatic carbocycles. The van der Waals surface area contributed by atoms with Crippen LogP contribution < -0.4 is 21.1 Å². The molecule has 1 N–H and O–H groups in total. The zero-order valence-electron chi connectivity index (χ0n) is 35.2. The normalized spacial score (nSPS) is 14.4. The largest absolute Gasteiger partial charge is 0.355 e. The molecular weight excluding hydrogens is 747 g/mol. The Morgan fingerprint density at radius 3 is 1.84 bits per heavy atom. The highest BCUT2D eigenvalue weighted by Crippen LogP contribution is 2.58. The van der Waals surface area contributed by atoms with Crippen molar-refractivity contribution in [2.24, 2.45) is 0 Å². The van der Waals surface area contributed by atoms with Crippen molar-refractivity contribution in [3.63, 3.8) is 0 Å². The minimum atomic E-state index is -0.521. The number of benzene rings is 9. The quantitative estimate of drug-likeness (QED) is 0.169. The van der Waals surface area contributed by atoms with E-state index in [1.54, 1.807) is 0 Å². The zero-order valence-corrected chi connectivity index (χ0v) is 35.2. The Balaban J connectivity index is 1.08. The Bertz CT molecular complexity index is 3180. The summed E-state index contributed by atoms with van der Waals surface area (Å²) in [5.74, 6) is 0. The van der Waals surface area contributed by atoms with Gasteiger partial charge < -0.3 is 10.2 Å². The van der Waals surface area contributed by atoms with Crippen LogP contribution in [0.25, 0.3) is 33.4 Å². The van der Waals surface area contributed by atoms with Crippen molar-refractivity contribution in [2.75, 3.05) is 10.2 Å². The van der Waals surface area contributed by atoms with E-state index in [9.17, 15) is 0 Å². The van der Waals surface area contributed by atoms with Crippen LogP contribution in [0.3, 0.4) is 0 Å². The van der Waals surface area contributed by atoms with Gasteiger partial charge >= 0.3 is 0 Å². The fraction of sp³-hybridized carbons (Fsp3) is 0.0847. The van der Waals surface area contributed by atoms with Gasteiger partial charge in [0.15, 0.2) is 7.28 Å². The number of hydrogen-bond donors (Lipinski definition) is 1. The molecule has 9 aromatic rings. The third kappa shape index (κ3) is 5.24. The van der Waals surface area contributed by atoms with E-state index in [2.05, 4.69) is 245 Å². The second-order valence-electron chi connectivity index (χ2n) is 17.6. The molecule has 0 amide bonds. The van der Waals surface area contributed by atoms with Crippen LogP contribution in [0.5, 0.6) is 0 Å². The molecule has 3 heteroatoms. The summed E-state index contributed by atoms with van der Waals surface area (Å²) in [5, 5.41) is 4.10. The van der Waals surface area contributed by atoms with E-state index in [-0.39, 0.29) is 5.41 Å². The van der Waals surface area contributed by atoms with Gasteiger partial charge in [-0.05, 0) is 103 Å². The van der Waals surface area contributed by atoms with Gasteiger partial charge in [0.2, 0.25) is 0 Å². The van der Waals surface area contributed by atoms with Crippen molar-refractivity contribution >= 4 is 46.6 Å². The predicted molar refractivity (Wildman–Crippen MR) is 261 cm³/mol. The number of fused-ring (bicyclic) bond motifs is 7. The summed E-state index contributed by atoms with van der Waals surface area (Å²) < 4.78 is 0. The number of nitrogens with zero attached hydrogens (tertiary/aromatic N) is 1. The summed E-state index contributed by atoms with van der Waals surface area (Å²) >= 11 is 0. The molecule has 62 heavy (non-hydrogen) atoms. The molecule has 0 bridgehead atoms. The highest BCUT2D eigenvalue weighted by molar-refractivity contribution is 6.73. The van der Waals surface area contributed by atoms with Crippen LogP contribution in [-0.4, -0.2) is 7.28 Å². The molecule has 9 aromatic carbocycles. The topological polar surface area (TPSA) is 15.3 Å². The summed E-state index contributed by atoms with van der Waals surface area (Å²) in [4.78, 5) is 2.56. The first kappa shape index (κ1) is 36.5. The van der Waals surface area contributed by atoms with Gasteiger partial charge in [-0.1, -0.05) is 201 Å². The van der Waals surface area contributed by atoms with Crippen LogP contribution in [0.2, 0.25) is 0 Å². The lowest BCUT2D eigenvalue weighted by molar-refractivity contribution is 0.662. The predicted octanol–water partition coefficient (Wildman–Crippen LogP) is 13.5. The fourth-order valence-electron chi connectivity index (χ4n) is 11.2. The third-order valence-corrected chi connectivity index (χ3v) is 13.8. The van der Waals surface area contributed by atoms with Crippen LogP contribution in [-0.2, 0) is 10.8 Å². The molecule has 3 aliphatic rings.